The molecule has 1 aromatic carbocycles. The van der Waals surface area contributed by atoms with Crippen LogP contribution in [0.1, 0.15) is 42.8 Å². The Morgan fingerprint density at radius 3 is 2.26 bits per heavy atom. The van der Waals surface area contributed by atoms with Crippen molar-refractivity contribution in [2.45, 2.75) is 38.9 Å². The Balaban J connectivity index is 2.20. The minimum atomic E-state index is -3.48. The van der Waals surface area contributed by atoms with E-state index in [9.17, 15) is 0 Å². The van der Waals surface area contributed by atoms with Crippen molar-refractivity contribution >= 4 is 24.0 Å². The molecule has 2 heterocycles. The van der Waals surface area contributed by atoms with Crippen LogP contribution in [0.4, 0.5) is 11.4 Å². The number of hydrogen-bond donors (Lipinski definition) is 1. The first-order valence-corrected chi connectivity index (χ1v) is 7.28. The van der Waals surface area contributed by atoms with E-state index in [-0.39, 0.29) is 26.6 Å². The van der Waals surface area contributed by atoms with Crippen LogP contribution in [0.5, 0.6) is 0 Å². The highest BCUT2D eigenvalue weighted by Gasteiger charge is 2.51. The van der Waals surface area contributed by atoms with Gasteiger partial charge in [0.25, 0.3) is 0 Å². The summed E-state index contributed by atoms with van der Waals surface area (Å²) in [6, 6.07) is 3.89. The Labute approximate surface area is 155 Å². The normalized spacial score (nSPS) is 40.6. The number of nitrogens with zero attached hydrogens (tertiary/aromatic N) is 2. The van der Waals surface area contributed by atoms with Crippen LogP contribution >= 0.6 is 0 Å². The fraction of sp³-hybridized carbons (Fsp3) is 0.647. The molecule has 126 valence electrons. The van der Waals surface area contributed by atoms with Gasteiger partial charge in [-0.2, -0.15) is 0 Å². The number of nitrogens with two attached hydrogens (primary N) is 1. The third-order valence-corrected chi connectivity index (χ3v) is 4.29. The molecule has 6 heteroatoms. The lowest BCUT2D eigenvalue weighted by molar-refractivity contribution is 0.00578. The van der Waals surface area contributed by atoms with Crippen molar-refractivity contribution in [1.82, 2.24) is 4.90 Å². The van der Waals surface area contributed by atoms with Crippen LogP contribution in [0.25, 0.3) is 0 Å². The average molecular weight is 328 g/mol. The van der Waals surface area contributed by atoms with Crippen LogP contribution in [-0.4, -0.2) is 56.2 Å². The van der Waals surface area contributed by atoms with Gasteiger partial charge >= 0.3 is 7.12 Å². The standard InChI is InChI=1S/C17H28BN3O2/c1-16(2)17(3,4)23-18(22-16)13-10-14(19)12-15(11-13)21-8-6-20(5)7-9-21/h10-12H,6-9,19H2,1-5H3/i5D3,6D2,7D2,8D2,9D2. The number of piperazine rings is 1. The molecule has 0 unspecified atom stereocenters. The van der Waals surface area contributed by atoms with Crippen LogP contribution in [0.2, 0.25) is 0 Å². The van der Waals surface area contributed by atoms with Crippen LogP contribution in [-0.2, 0) is 9.31 Å². The van der Waals surface area contributed by atoms with Gasteiger partial charge < -0.3 is 24.8 Å². The van der Waals surface area contributed by atoms with Gasteiger partial charge in [0.05, 0.1) is 16.7 Å². The molecule has 5 nitrogen and oxygen atoms in total. The smallest absolute Gasteiger partial charge is 0.399 e. The monoisotopic (exact) mass is 328 g/mol. The molecule has 2 N–H and O–H groups in total. The first-order valence-electron chi connectivity index (χ1n) is 12.8. The molecule has 0 amide bonds. The van der Waals surface area contributed by atoms with Crippen LogP contribution in [0.15, 0.2) is 18.2 Å². The molecular formula is C17H28BN3O2. The highest BCUT2D eigenvalue weighted by Crippen LogP contribution is 2.36. The second-order valence-electron chi connectivity index (χ2n) is 6.56. The maximum Gasteiger partial charge on any atom is 0.494 e. The summed E-state index contributed by atoms with van der Waals surface area (Å²) in [5, 5.41) is 0. The van der Waals surface area contributed by atoms with Crippen molar-refractivity contribution in [2.75, 3.05) is 43.6 Å². The molecule has 0 spiro atoms. The number of rotatable bonds is 2. The Morgan fingerprint density at radius 2 is 1.70 bits per heavy atom. The molecule has 0 aromatic heterocycles. The van der Waals surface area contributed by atoms with Gasteiger partial charge in [-0.05, 0) is 58.3 Å². The second-order valence-corrected chi connectivity index (χ2v) is 6.56. The predicted molar refractivity (Wildman–Crippen MR) is 96.3 cm³/mol. The van der Waals surface area contributed by atoms with E-state index in [1.54, 1.807) is 0 Å². The highest BCUT2D eigenvalue weighted by atomic mass is 16.7. The van der Waals surface area contributed by atoms with Crippen molar-refractivity contribution < 1.29 is 24.4 Å². The summed E-state index contributed by atoms with van der Waals surface area (Å²) in [5.74, 6) is 0. The molecular weight excluding hydrogens is 289 g/mol. The van der Waals surface area contributed by atoms with E-state index < -0.39 is 51.3 Å². The zero-order chi connectivity index (χ0) is 26.5. The van der Waals surface area contributed by atoms with Crippen molar-refractivity contribution in [3.05, 3.63) is 18.2 Å². The summed E-state index contributed by atoms with van der Waals surface area (Å²) in [7, 11) is -0.971. The molecule has 23 heavy (non-hydrogen) atoms. The summed E-state index contributed by atoms with van der Waals surface area (Å²) in [6.45, 7) is -9.89. The number of anilines is 2. The number of likely N-dealkylation sites (N-methyl/N-ethyl adjacent to an activating group) is 1. The first-order chi connectivity index (χ1) is 14.9. The fourth-order valence-electron chi connectivity index (χ4n) is 2.29. The summed E-state index contributed by atoms with van der Waals surface area (Å²) >= 11 is 0. The lowest BCUT2D eigenvalue weighted by Gasteiger charge is -2.34. The second kappa shape index (κ2) is 5.69. The van der Waals surface area contributed by atoms with Crippen molar-refractivity contribution in [2.24, 2.45) is 0 Å². The third-order valence-electron chi connectivity index (χ3n) is 4.29. The molecule has 2 aliphatic rings. The molecule has 0 saturated carbocycles. The zero-order valence-corrected chi connectivity index (χ0v) is 13.6. The number of nitrogen functional groups attached to an aromatic ring is 1. The molecule has 3 rings (SSSR count). The minimum Gasteiger partial charge on any atom is -0.399 e. The van der Waals surface area contributed by atoms with Crippen LogP contribution < -0.4 is 16.1 Å². The Hall–Kier alpha value is -1.24. The minimum absolute atomic E-state index is 0.0354. The van der Waals surface area contributed by atoms with Gasteiger partial charge in [-0.25, -0.2) is 0 Å². The Bertz CT molecular complexity index is 940. The van der Waals surface area contributed by atoms with E-state index in [2.05, 4.69) is 0 Å². The van der Waals surface area contributed by atoms with Gasteiger partial charge in [-0.3, -0.25) is 0 Å². The molecule has 1 aromatic rings. The third kappa shape index (κ3) is 3.20. The highest BCUT2D eigenvalue weighted by molar-refractivity contribution is 6.62. The van der Waals surface area contributed by atoms with Gasteiger partial charge in [0.15, 0.2) is 0 Å². The Kier molecular flexibility index (Phi) is 1.92. The maximum atomic E-state index is 8.46. The number of hydrogen-bond acceptors (Lipinski definition) is 5. The SMILES string of the molecule is [2H]C([2H])([2H])N1C([2H])([2H])C([2H])([2H])N(c2cc(N)cc(B3OC(C)(C)C(C)(C)O3)c2)C([2H])([2H])C1([2H])[2H]. The van der Waals surface area contributed by atoms with E-state index in [0.29, 0.717) is 0 Å². The predicted octanol–water partition coefficient (Wildman–Crippen LogP) is 1.32. The molecule has 2 fully saturated rings. The van der Waals surface area contributed by atoms with E-state index in [0.717, 1.165) is 6.07 Å². The average Bonchev–Trinajstić information content (AvgIpc) is 2.78. The van der Waals surface area contributed by atoms with E-state index >= 15 is 0 Å². The summed E-state index contributed by atoms with van der Waals surface area (Å²) in [6.07, 6.45) is 0. The molecule has 0 atom stereocenters. The lowest BCUT2D eigenvalue weighted by atomic mass is 9.78. The summed E-state index contributed by atoms with van der Waals surface area (Å²) in [4.78, 5) is -0.113. The van der Waals surface area contributed by atoms with Crippen molar-refractivity contribution in [1.29, 1.82) is 0 Å². The topological polar surface area (TPSA) is 51.0 Å². The quantitative estimate of drug-likeness (QED) is 0.655. The van der Waals surface area contributed by atoms with Gasteiger partial charge in [0.1, 0.15) is 0 Å². The summed E-state index contributed by atoms with van der Waals surface area (Å²) < 4.78 is 102. The van der Waals surface area contributed by atoms with Crippen LogP contribution in [0, 0.1) is 0 Å². The Morgan fingerprint density at radius 1 is 1.09 bits per heavy atom. The number of benzene rings is 1. The molecule has 2 aliphatic heterocycles. The van der Waals surface area contributed by atoms with Gasteiger partial charge in [0, 0.05) is 47.0 Å². The van der Waals surface area contributed by atoms with Crippen molar-refractivity contribution in [3.63, 3.8) is 0 Å². The lowest BCUT2D eigenvalue weighted by Crippen LogP contribution is -2.45. The van der Waals surface area contributed by atoms with Crippen molar-refractivity contribution in [3.8, 4) is 0 Å². The van der Waals surface area contributed by atoms with Gasteiger partial charge in [-0.15, -0.1) is 0 Å². The zero-order valence-electron chi connectivity index (χ0n) is 24.6. The maximum absolute atomic E-state index is 8.46. The fourth-order valence-corrected chi connectivity index (χ4v) is 2.29. The molecule has 0 radical (unpaired) electrons. The molecule has 0 bridgehead atoms. The molecule has 2 saturated heterocycles. The van der Waals surface area contributed by atoms with Gasteiger partial charge in [0.2, 0.25) is 0 Å². The molecule has 0 aliphatic carbocycles. The van der Waals surface area contributed by atoms with E-state index in [1.165, 1.54) is 12.1 Å². The summed E-state index contributed by atoms with van der Waals surface area (Å²) in [5.41, 5.74) is 4.55. The van der Waals surface area contributed by atoms with E-state index in [4.69, 9.17) is 30.1 Å². The van der Waals surface area contributed by atoms with E-state index in [1.807, 2.05) is 27.7 Å². The largest absolute Gasteiger partial charge is 0.494 e. The van der Waals surface area contributed by atoms with Crippen LogP contribution in [0.3, 0.4) is 0 Å². The van der Waals surface area contributed by atoms with Gasteiger partial charge in [-0.1, -0.05) is 0 Å². The first kappa shape index (κ1) is 7.76.